The van der Waals surface area contributed by atoms with Gasteiger partial charge in [0, 0.05) is 23.5 Å². The van der Waals surface area contributed by atoms with Crippen LogP contribution < -0.4 is 25.4 Å². The zero-order chi connectivity index (χ0) is 24.7. The summed E-state index contributed by atoms with van der Waals surface area (Å²) in [5.74, 6) is 1.62. The predicted octanol–water partition coefficient (Wildman–Crippen LogP) is 4.15. The van der Waals surface area contributed by atoms with E-state index in [0.717, 1.165) is 17.7 Å². The molecule has 0 spiro atoms. The molecule has 11 heteroatoms. The topological polar surface area (TPSA) is 105 Å². The number of urea groups is 1. The summed E-state index contributed by atoms with van der Waals surface area (Å²) in [6.45, 7) is 0. The number of fused-ring (bicyclic) bond motifs is 3. The van der Waals surface area contributed by atoms with E-state index in [1.165, 1.54) is 18.3 Å². The van der Waals surface area contributed by atoms with Gasteiger partial charge in [0.25, 0.3) is 0 Å². The van der Waals surface area contributed by atoms with E-state index >= 15 is 0 Å². The number of pyridine rings is 1. The van der Waals surface area contributed by atoms with E-state index in [9.17, 15) is 23.1 Å². The number of anilines is 1. The van der Waals surface area contributed by atoms with E-state index in [0.29, 0.717) is 22.9 Å². The number of rotatable bonds is 6. The first kappa shape index (κ1) is 22.9. The summed E-state index contributed by atoms with van der Waals surface area (Å²) in [5, 5.41) is 17.8. The van der Waals surface area contributed by atoms with Crippen molar-refractivity contribution in [2.45, 2.75) is 30.5 Å². The van der Waals surface area contributed by atoms with Gasteiger partial charge in [0.05, 0.1) is 23.2 Å². The number of hydrogen-bond donors (Lipinski definition) is 4. The first-order valence-electron chi connectivity index (χ1n) is 10.8. The number of ether oxygens (including phenoxy) is 2. The number of aliphatic hydroxyl groups excluding tert-OH is 1. The molecule has 1 aliphatic carbocycles. The van der Waals surface area contributed by atoms with Crippen LogP contribution in [0.5, 0.6) is 17.2 Å². The zero-order valence-corrected chi connectivity index (χ0v) is 18.3. The number of nitrogens with zero attached hydrogens (tertiary/aromatic N) is 1. The maximum Gasteiger partial charge on any atom is 0.416 e. The molecule has 1 aromatic heterocycles. The SMILES string of the molecule is CNC(O)c1cc(Oc2ccc3c(c2)[C@H]2[C@H](NC(=O)Nc4cccc(C(F)(F)F)c4)[C@H]2O3)ccn1. The van der Waals surface area contributed by atoms with Crippen LogP contribution in [0.25, 0.3) is 0 Å². The molecule has 1 aliphatic heterocycles. The highest BCUT2D eigenvalue weighted by Gasteiger charge is 2.59. The van der Waals surface area contributed by atoms with Crippen LogP contribution in [0.2, 0.25) is 0 Å². The molecule has 1 saturated carbocycles. The van der Waals surface area contributed by atoms with Gasteiger partial charge in [0.2, 0.25) is 0 Å². The van der Waals surface area contributed by atoms with Gasteiger partial charge in [0.1, 0.15) is 29.6 Å². The lowest BCUT2D eigenvalue weighted by Crippen LogP contribution is -2.34. The molecule has 2 aromatic carbocycles. The van der Waals surface area contributed by atoms with Crippen molar-refractivity contribution in [1.82, 2.24) is 15.6 Å². The van der Waals surface area contributed by atoms with Crippen molar-refractivity contribution in [3.05, 3.63) is 77.6 Å². The number of aromatic nitrogens is 1. The summed E-state index contributed by atoms with van der Waals surface area (Å²) in [6, 6.07) is 12.1. The van der Waals surface area contributed by atoms with Crippen molar-refractivity contribution in [3.63, 3.8) is 0 Å². The molecule has 4 N–H and O–H groups in total. The highest BCUT2D eigenvalue weighted by Crippen LogP contribution is 2.54. The molecule has 2 aliphatic rings. The van der Waals surface area contributed by atoms with Crippen molar-refractivity contribution in [1.29, 1.82) is 0 Å². The third-order valence-corrected chi connectivity index (χ3v) is 5.84. The molecule has 182 valence electrons. The molecule has 0 bridgehead atoms. The minimum atomic E-state index is -4.50. The fraction of sp³-hybridized carbons (Fsp3) is 0.250. The number of hydrogen-bond acceptors (Lipinski definition) is 6. The van der Waals surface area contributed by atoms with Crippen LogP contribution in [0.4, 0.5) is 23.7 Å². The fourth-order valence-electron chi connectivity index (χ4n) is 4.09. The monoisotopic (exact) mass is 486 g/mol. The van der Waals surface area contributed by atoms with Gasteiger partial charge in [-0.25, -0.2) is 4.79 Å². The molecule has 4 atom stereocenters. The van der Waals surface area contributed by atoms with E-state index in [4.69, 9.17) is 9.47 Å². The van der Waals surface area contributed by atoms with E-state index in [-0.39, 0.29) is 23.8 Å². The molecule has 2 heterocycles. The van der Waals surface area contributed by atoms with Crippen LogP contribution in [-0.2, 0) is 6.18 Å². The van der Waals surface area contributed by atoms with Crippen LogP contribution in [0.3, 0.4) is 0 Å². The Balaban J connectivity index is 1.23. The van der Waals surface area contributed by atoms with Gasteiger partial charge >= 0.3 is 12.2 Å². The Morgan fingerprint density at radius 3 is 2.71 bits per heavy atom. The van der Waals surface area contributed by atoms with Crippen molar-refractivity contribution in [3.8, 4) is 17.2 Å². The molecule has 8 nitrogen and oxygen atoms in total. The van der Waals surface area contributed by atoms with Gasteiger partial charge in [-0.3, -0.25) is 10.3 Å². The van der Waals surface area contributed by atoms with Crippen LogP contribution in [-0.4, -0.2) is 35.3 Å². The summed E-state index contributed by atoms with van der Waals surface area (Å²) < 4.78 is 50.5. The highest BCUT2D eigenvalue weighted by atomic mass is 19.4. The highest BCUT2D eigenvalue weighted by molar-refractivity contribution is 5.90. The van der Waals surface area contributed by atoms with Gasteiger partial charge < -0.3 is 25.2 Å². The number of halogens is 3. The quantitative estimate of drug-likeness (QED) is 0.390. The number of nitrogens with one attached hydrogen (secondary N) is 3. The minimum Gasteiger partial charge on any atom is -0.487 e. The number of aliphatic hydroxyl groups is 1. The Kier molecular flexibility index (Phi) is 5.73. The molecule has 2 amide bonds. The standard InChI is InChI=1S/C24H21F3N4O4/c1-28-22(32)17-11-15(7-8-29-17)34-14-5-6-18-16(10-14)19-20(21(19)35-18)31-23(33)30-13-4-2-3-12(9-13)24(25,26)27/h2-11,19-22,28,32H,1H3,(H2,30,31,33)/t19-,20-,21-,22?/m0/s1. The van der Waals surface area contributed by atoms with Crippen LogP contribution in [0, 0.1) is 0 Å². The fourth-order valence-corrected chi connectivity index (χ4v) is 4.09. The van der Waals surface area contributed by atoms with Crippen molar-refractivity contribution >= 4 is 11.7 Å². The zero-order valence-electron chi connectivity index (χ0n) is 18.3. The summed E-state index contributed by atoms with van der Waals surface area (Å²) in [5.41, 5.74) is 0.472. The van der Waals surface area contributed by atoms with Crippen LogP contribution in [0.1, 0.15) is 29.0 Å². The molecular formula is C24H21F3N4O4. The lowest BCUT2D eigenvalue weighted by molar-refractivity contribution is -0.137. The maximum absolute atomic E-state index is 12.9. The van der Waals surface area contributed by atoms with Gasteiger partial charge in [-0.05, 0) is 49.5 Å². The third-order valence-electron chi connectivity index (χ3n) is 5.84. The third kappa shape index (κ3) is 4.73. The second kappa shape index (κ2) is 8.75. The first-order chi connectivity index (χ1) is 16.7. The smallest absolute Gasteiger partial charge is 0.416 e. The average molecular weight is 486 g/mol. The lowest BCUT2D eigenvalue weighted by atomic mass is 10.1. The Morgan fingerprint density at radius 1 is 1.14 bits per heavy atom. The molecule has 5 rings (SSSR count). The lowest BCUT2D eigenvalue weighted by Gasteiger charge is -2.14. The van der Waals surface area contributed by atoms with Gasteiger partial charge in [-0.1, -0.05) is 6.07 Å². The number of carbonyl (C=O) groups excluding carboxylic acids is 1. The van der Waals surface area contributed by atoms with E-state index in [1.807, 2.05) is 6.07 Å². The molecule has 0 radical (unpaired) electrons. The Bertz CT molecular complexity index is 1270. The Hall–Kier alpha value is -3.83. The van der Waals surface area contributed by atoms with E-state index in [1.54, 1.807) is 31.3 Å². The van der Waals surface area contributed by atoms with Gasteiger partial charge in [0.15, 0.2) is 0 Å². The van der Waals surface area contributed by atoms with Crippen molar-refractivity contribution in [2.24, 2.45) is 0 Å². The summed E-state index contributed by atoms with van der Waals surface area (Å²) >= 11 is 0. The largest absolute Gasteiger partial charge is 0.487 e. The first-order valence-corrected chi connectivity index (χ1v) is 10.8. The summed E-state index contributed by atoms with van der Waals surface area (Å²) in [4.78, 5) is 16.5. The number of amides is 2. The molecule has 1 fully saturated rings. The Morgan fingerprint density at radius 2 is 1.94 bits per heavy atom. The second-order valence-corrected chi connectivity index (χ2v) is 8.22. The minimum absolute atomic E-state index is 0.0419. The van der Waals surface area contributed by atoms with Crippen LogP contribution >= 0.6 is 0 Å². The molecule has 3 aromatic rings. The predicted molar refractivity (Wildman–Crippen MR) is 119 cm³/mol. The maximum atomic E-state index is 12.9. The van der Waals surface area contributed by atoms with Crippen LogP contribution in [0.15, 0.2) is 60.8 Å². The average Bonchev–Trinajstić information content (AvgIpc) is 3.34. The van der Waals surface area contributed by atoms with E-state index in [2.05, 4.69) is 20.9 Å². The summed E-state index contributed by atoms with van der Waals surface area (Å²) in [7, 11) is 1.61. The number of carbonyl (C=O) groups is 1. The summed E-state index contributed by atoms with van der Waals surface area (Å²) in [6.07, 6.45) is -4.15. The molecule has 0 saturated heterocycles. The number of benzene rings is 2. The van der Waals surface area contributed by atoms with Crippen molar-refractivity contribution < 1.29 is 32.5 Å². The van der Waals surface area contributed by atoms with Crippen molar-refractivity contribution in [2.75, 3.05) is 12.4 Å². The second-order valence-electron chi connectivity index (χ2n) is 8.22. The number of alkyl halides is 3. The molecule has 1 unspecified atom stereocenters. The van der Waals surface area contributed by atoms with Gasteiger partial charge in [-0.2, -0.15) is 13.2 Å². The normalized spacial score (nSPS) is 20.8. The Labute approximate surface area is 198 Å². The molecular weight excluding hydrogens is 465 g/mol. The van der Waals surface area contributed by atoms with Gasteiger partial charge in [-0.15, -0.1) is 0 Å². The molecule has 35 heavy (non-hydrogen) atoms. The van der Waals surface area contributed by atoms with E-state index < -0.39 is 24.0 Å².